The van der Waals surface area contributed by atoms with Gasteiger partial charge >= 0.3 is 0 Å². The quantitative estimate of drug-likeness (QED) is 0.900. The van der Waals surface area contributed by atoms with Crippen molar-refractivity contribution in [1.82, 2.24) is 4.98 Å². The summed E-state index contributed by atoms with van der Waals surface area (Å²) >= 11 is 0. The van der Waals surface area contributed by atoms with Crippen LogP contribution in [0.25, 0.3) is 0 Å². The second-order valence-corrected chi connectivity index (χ2v) is 6.73. The summed E-state index contributed by atoms with van der Waals surface area (Å²) < 4.78 is 0. The second-order valence-electron chi connectivity index (χ2n) is 6.73. The lowest BCUT2D eigenvalue weighted by Crippen LogP contribution is -2.33. The molecule has 2 aliphatic rings. The number of aryl methyl sites for hydroxylation is 1. The van der Waals surface area contributed by atoms with Gasteiger partial charge in [0.2, 0.25) is 0 Å². The first-order valence-corrected chi connectivity index (χ1v) is 8.41. The molecule has 0 bridgehead atoms. The van der Waals surface area contributed by atoms with Gasteiger partial charge in [-0.25, -0.2) is 0 Å². The van der Waals surface area contributed by atoms with E-state index in [1.54, 1.807) is 0 Å². The number of hydrogen-bond donors (Lipinski definition) is 1. The van der Waals surface area contributed by atoms with Crippen molar-refractivity contribution in [2.24, 2.45) is 11.8 Å². The predicted octanol–water partition coefficient (Wildman–Crippen LogP) is 4.08. The average Bonchev–Trinajstić information content (AvgIpc) is 2.54. The first-order valence-electron chi connectivity index (χ1n) is 8.41. The van der Waals surface area contributed by atoms with Crippen molar-refractivity contribution in [2.75, 3.05) is 0 Å². The number of nitrogens with zero attached hydrogens (tertiary/aromatic N) is 1. The number of aliphatic hydroxyl groups is 1. The molecule has 2 nitrogen and oxygen atoms in total. The van der Waals surface area contributed by atoms with Crippen LogP contribution in [0, 0.1) is 11.8 Å². The Morgan fingerprint density at radius 1 is 1.25 bits per heavy atom. The lowest BCUT2D eigenvalue weighted by molar-refractivity contribution is 0.0447. The molecule has 0 spiro atoms. The zero-order chi connectivity index (χ0) is 13.9. The van der Waals surface area contributed by atoms with Crippen LogP contribution in [-0.4, -0.2) is 16.2 Å². The summed E-state index contributed by atoms with van der Waals surface area (Å²) in [4.78, 5) is 4.59. The maximum atomic E-state index is 10.9. The number of pyridine rings is 1. The Labute approximate surface area is 122 Å². The van der Waals surface area contributed by atoms with Gasteiger partial charge in [0.1, 0.15) is 0 Å². The van der Waals surface area contributed by atoms with Crippen LogP contribution in [0.15, 0.2) is 18.3 Å². The predicted molar refractivity (Wildman–Crippen MR) is 81.7 cm³/mol. The number of aliphatic hydroxyl groups excluding tert-OH is 1. The van der Waals surface area contributed by atoms with Crippen LogP contribution in [0.2, 0.25) is 0 Å². The zero-order valence-electron chi connectivity index (χ0n) is 12.6. The van der Waals surface area contributed by atoms with Gasteiger partial charge in [-0.3, -0.25) is 4.98 Å². The smallest absolute Gasteiger partial charge is 0.0652 e. The summed E-state index contributed by atoms with van der Waals surface area (Å²) in [6, 6.07) is 4.22. The van der Waals surface area contributed by atoms with Crippen LogP contribution < -0.4 is 0 Å². The number of rotatable bonds is 3. The Hall–Kier alpha value is -0.890. The molecule has 3 rings (SSSR count). The molecule has 1 heterocycles. The van der Waals surface area contributed by atoms with Gasteiger partial charge in [-0.2, -0.15) is 0 Å². The minimum absolute atomic E-state index is 0.179. The molecule has 2 atom stereocenters. The lowest BCUT2D eigenvalue weighted by Gasteiger charge is -2.36. The van der Waals surface area contributed by atoms with Crippen LogP contribution in [-0.2, 0) is 6.42 Å². The van der Waals surface area contributed by atoms with Gasteiger partial charge in [0.05, 0.1) is 6.10 Å². The maximum absolute atomic E-state index is 10.9. The van der Waals surface area contributed by atoms with E-state index in [0.717, 1.165) is 18.8 Å². The Kier molecular flexibility index (Phi) is 4.40. The topological polar surface area (TPSA) is 33.1 Å². The Balaban J connectivity index is 1.71. The molecular formula is C18H27NO. The highest BCUT2D eigenvalue weighted by Gasteiger charge is 2.34. The van der Waals surface area contributed by atoms with Gasteiger partial charge in [0, 0.05) is 17.8 Å². The standard InChI is InChI=1S/C18H27NO/c1-2-13-8-10-15(11-9-13)18(20)16-7-3-5-14-6-4-12-19-17(14)16/h4,6,12-13,15-16,18,20H,2-3,5,7-11H2,1H3. The number of aromatic nitrogens is 1. The highest BCUT2D eigenvalue weighted by Crippen LogP contribution is 2.40. The van der Waals surface area contributed by atoms with Gasteiger partial charge < -0.3 is 5.11 Å². The van der Waals surface area contributed by atoms with Gasteiger partial charge in [-0.15, -0.1) is 0 Å². The second kappa shape index (κ2) is 6.26. The van der Waals surface area contributed by atoms with E-state index in [2.05, 4.69) is 18.0 Å². The molecule has 20 heavy (non-hydrogen) atoms. The molecule has 1 N–H and O–H groups in total. The van der Waals surface area contributed by atoms with Gasteiger partial charge in [0.25, 0.3) is 0 Å². The Bertz CT molecular complexity index is 437. The molecule has 2 unspecified atom stereocenters. The monoisotopic (exact) mass is 273 g/mol. The fourth-order valence-corrected chi connectivity index (χ4v) is 4.24. The van der Waals surface area contributed by atoms with Crippen LogP contribution in [0.1, 0.15) is 69.0 Å². The van der Waals surface area contributed by atoms with E-state index in [4.69, 9.17) is 0 Å². The Morgan fingerprint density at radius 2 is 2.05 bits per heavy atom. The summed E-state index contributed by atoms with van der Waals surface area (Å²) in [7, 11) is 0. The molecular weight excluding hydrogens is 246 g/mol. The van der Waals surface area contributed by atoms with Crippen molar-refractivity contribution in [3.05, 3.63) is 29.6 Å². The SMILES string of the molecule is CCC1CCC(C(O)C2CCCc3cccnc32)CC1. The zero-order valence-corrected chi connectivity index (χ0v) is 12.6. The molecule has 0 amide bonds. The van der Waals surface area contributed by atoms with Crippen LogP contribution in [0.5, 0.6) is 0 Å². The third-order valence-corrected chi connectivity index (χ3v) is 5.60. The third kappa shape index (κ3) is 2.76. The van der Waals surface area contributed by atoms with E-state index in [-0.39, 0.29) is 12.0 Å². The van der Waals surface area contributed by atoms with E-state index in [0.29, 0.717) is 5.92 Å². The van der Waals surface area contributed by atoms with Crippen LogP contribution in [0.3, 0.4) is 0 Å². The molecule has 2 aliphatic carbocycles. The van der Waals surface area contributed by atoms with Gasteiger partial charge in [0.15, 0.2) is 0 Å². The summed E-state index contributed by atoms with van der Waals surface area (Å²) in [5, 5.41) is 10.9. The highest BCUT2D eigenvalue weighted by molar-refractivity contribution is 5.27. The lowest BCUT2D eigenvalue weighted by atomic mass is 9.72. The van der Waals surface area contributed by atoms with E-state index < -0.39 is 0 Å². The van der Waals surface area contributed by atoms with Crippen LogP contribution >= 0.6 is 0 Å². The number of fused-ring (bicyclic) bond motifs is 1. The largest absolute Gasteiger partial charge is 0.392 e. The molecule has 110 valence electrons. The van der Waals surface area contributed by atoms with Crippen molar-refractivity contribution in [2.45, 2.75) is 70.3 Å². The van der Waals surface area contributed by atoms with Crippen molar-refractivity contribution < 1.29 is 5.11 Å². The van der Waals surface area contributed by atoms with Crippen LogP contribution in [0.4, 0.5) is 0 Å². The van der Waals surface area contributed by atoms with Crippen molar-refractivity contribution >= 4 is 0 Å². The van der Waals surface area contributed by atoms with Crippen molar-refractivity contribution in [3.8, 4) is 0 Å². The molecule has 1 saturated carbocycles. The molecule has 2 heteroatoms. The molecule has 1 aromatic heterocycles. The Morgan fingerprint density at radius 3 is 2.80 bits per heavy atom. The van der Waals surface area contributed by atoms with Gasteiger partial charge in [-0.05, 0) is 55.6 Å². The third-order valence-electron chi connectivity index (χ3n) is 5.60. The molecule has 1 fully saturated rings. The van der Waals surface area contributed by atoms with Gasteiger partial charge in [-0.1, -0.05) is 32.3 Å². The minimum atomic E-state index is -0.179. The van der Waals surface area contributed by atoms with Crippen molar-refractivity contribution in [3.63, 3.8) is 0 Å². The summed E-state index contributed by atoms with van der Waals surface area (Å²) in [5.74, 6) is 1.68. The molecule has 0 aliphatic heterocycles. The normalized spacial score (nSPS) is 31.6. The fraction of sp³-hybridized carbons (Fsp3) is 0.722. The maximum Gasteiger partial charge on any atom is 0.0652 e. The summed E-state index contributed by atoms with van der Waals surface area (Å²) in [6.45, 7) is 2.29. The summed E-state index contributed by atoms with van der Waals surface area (Å²) in [6.07, 6.45) is 11.5. The fourth-order valence-electron chi connectivity index (χ4n) is 4.24. The van der Waals surface area contributed by atoms with E-state index in [1.165, 1.54) is 49.8 Å². The first kappa shape index (κ1) is 14.1. The molecule has 1 aromatic rings. The number of hydrogen-bond acceptors (Lipinski definition) is 2. The van der Waals surface area contributed by atoms with E-state index >= 15 is 0 Å². The first-order chi connectivity index (χ1) is 9.79. The van der Waals surface area contributed by atoms with E-state index in [9.17, 15) is 5.11 Å². The molecule has 0 aromatic carbocycles. The summed E-state index contributed by atoms with van der Waals surface area (Å²) in [5.41, 5.74) is 2.55. The average molecular weight is 273 g/mol. The minimum Gasteiger partial charge on any atom is -0.392 e. The molecule has 0 saturated heterocycles. The molecule has 0 radical (unpaired) electrons. The van der Waals surface area contributed by atoms with E-state index in [1.807, 2.05) is 12.3 Å². The highest BCUT2D eigenvalue weighted by atomic mass is 16.3. The van der Waals surface area contributed by atoms with Crippen molar-refractivity contribution in [1.29, 1.82) is 0 Å².